The maximum Gasteiger partial charge on any atom is 0.308 e. The smallest absolute Gasteiger partial charge is 0.308 e. The predicted molar refractivity (Wildman–Crippen MR) is 108 cm³/mol. The molecule has 2 unspecified atom stereocenters. The van der Waals surface area contributed by atoms with E-state index in [9.17, 15) is 4.79 Å². The molecule has 0 aliphatic rings. The third-order valence-electron chi connectivity index (χ3n) is 5.09. The normalized spacial score (nSPS) is 13.3. The molecule has 3 aromatic carbocycles. The molecule has 26 heavy (non-hydrogen) atoms. The number of carbonyl (C=O) groups is 1. The molecular formula is C24H26O2. The third kappa shape index (κ3) is 4.32. The summed E-state index contributed by atoms with van der Waals surface area (Å²) in [7, 11) is 0. The summed E-state index contributed by atoms with van der Waals surface area (Å²) in [4.78, 5) is 11.1. The zero-order chi connectivity index (χ0) is 18.5. The molecule has 0 fully saturated rings. The van der Waals surface area contributed by atoms with Crippen LogP contribution in [0.3, 0.4) is 0 Å². The number of rotatable bonds is 6. The second-order valence-electron chi connectivity index (χ2n) is 7.01. The molecule has 0 saturated carbocycles. The fourth-order valence-electron chi connectivity index (χ4n) is 3.59. The number of esters is 1. The van der Waals surface area contributed by atoms with Gasteiger partial charge in [0.15, 0.2) is 0 Å². The van der Waals surface area contributed by atoms with Crippen LogP contribution in [0, 0.1) is 0 Å². The maximum absolute atomic E-state index is 11.1. The molecule has 2 nitrogen and oxygen atoms in total. The molecule has 134 valence electrons. The van der Waals surface area contributed by atoms with Crippen LogP contribution in [0.1, 0.15) is 56.6 Å². The van der Waals surface area contributed by atoms with E-state index in [2.05, 4.69) is 68.4 Å². The summed E-state index contributed by atoms with van der Waals surface area (Å²) >= 11 is 0. The first-order chi connectivity index (χ1) is 12.6. The van der Waals surface area contributed by atoms with Crippen LogP contribution in [0.2, 0.25) is 0 Å². The minimum atomic E-state index is -0.283. The maximum atomic E-state index is 11.1. The number of carbonyl (C=O) groups excluding carboxylic acids is 1. The lowest BCUT2D eigenvalue weighted by atomic mass is 9.84. The van der Waals surface area contributed by atoms with Gasteiger partial charge in [0, 0.05) is 6.92 Å². The summed E-state index contributed by atoms with van der Waals surface area (Å²) in [5.41, 5.74) is 2.69. The van der Waals surface area contributed by atoms with Crippen LogP contribution in [-0.2, 0) is 4.79 Å². The topological polar surface area (TPSA) is 26.3 Å². The second-order valence-corrected chi connectivity index (χ2v) is 7.01. The van der Waals surface area contributed by atoms with Crippen molar-refractivity contribution in [2.75, 3.05) is 0 Å². The van der Waals surface area contributed by atoms with Crippen molar-refractivity contribution in [2.45, 2.75) is 45.4 Å². The number of hydrogen-bond donors (Lipinski definition) is 0. The van der Waals surface area contributed by atoms with Gasteiger partial charge < -0.3 is 4.74 Å². The minimum absolute atomic E-state index is 0.283. The molecule has 0 bridgehead atoms. The van der Waals surface area contributed by atoms with Gasteiger partial charge in [0.2, 0.25) is 0 Å². The summed E-state index contributed by atoms with van der Waals surface area (Å²) < 4.78 is 5.13. The molecule has 3 rings (SSSR count). The fourth-order valence-corrected chi connectivity index (χ4v) is 3.59. The average Bonchev–Trinajstić information content (AvgIpc) is 2.66. The van der Waals surface area contributed by atoms with Crippen LogP contribution in [-0.4, -0.2) is 5.97 Å². The Morgan fingerprint density at radius 3 is 2.23 bits per heavy atom. The van der Waals surface area contributed by atoms with E-state index >= 15 is 0 Å². The quantitative estimate of drug-likeness (QED) is 0.378. The minimum Gasteiger partial charge on any atom is -0.427 e. The van der Waals surface area contributed by atoms with Crippen LogP contribution in [0.15, 0.2) is 66.7 Å². The predicted octanol–water partition coefficient (Wildman–Crippen LogP) is 6.45. The Kier molecular flexibility index (Phi) is 5.72. The summed E-state index contributed by atoms with van der Waals surface area (Å²) in [5, 5.41) is 2.59. The van der Waals surface area contributed by atoms with Gasteiger partial charge in [0.05, 0.1) is 0 Å². The molecule has 0 saturated heterocycles. The molecule has 0 N–H and O–H groups in total. The van der Waals surface area contributed by atoms with Gasteiger partial charge in [-0.2, -0.15) is 0 Å². The van der Waals surface area contributed by atoms with Crippen LogP contribution < -0.4 is 4.74 Å². The van der Waals surface area contributed by atoms with Gasteiger partial charge in [-0.05, 0) is 58.7 Å². The number of hydrogen-bond acceptors (Lipinski definition) is 2. The largest absolute Gasteiger partial charge is 0.427 e. The van der Waals surface area contributed by atoms with Crippen molar-refractivity contribution in [3.8, 4) is 5.75 Å². The molecule has 2 heteroatoms. The molecule has 0 heterocycles. The number of ether oxygens (including phenoxy) is 1. The van der Waals surface area contributed by atoms with E-state index in [1.807, 2.05) is 12.1 Å². The molecule has 0 radical (unpaired) electrons. The highest BCUT2D eigenvalue weighted by Gasteiger charge is 2.16. The van der Waals surface area contributed by atoms with E-state index < -0.39 is 0 Å². The highest BCUT2D eigenvalue weighted by Crippen LogP contribution is 2.33. The zero-order valence-electron chi connectivity index (χ0n) is 15.7. The Bertz CT molecular complexity index is 880. The molecule has 0 aromatic heterocycles. The van der Waals surface area contributed by atoms with Crippen LogP contribution in [0.5, 0.6) is 5.75 Å². The lowest BCUT2D eigenvalue weighted by Gasteiger charge is -2.21. The highest BCUT2D eigenvalue weighted by molar-refractivity contribution is 5.83. The van der Waals surface area contributed by atoms with Gasteiger partial charge in [0.25, 0.3) is 0 Å². The van der Waals surface area contributed by atoms with Crippen molar-refractivity contribution in [3.05, 3.63) is 77.9 Å². The van der Waals surface area contributed by atoms with Gasteiger partial charge in [-0.1, -0.05) is 68.4 Å². The monoisotopic (exact) mass is 346 g/mol. The van der Waals surface area contributed by atoms with Gasteiger partial charge in [-0.3, -0.25) is 4.79 Å². The Morgan fingerprint density at radius 1 is 0.923 bits per heavy atom. The van der Waals surface area contributed by atoms with E-state index in [1.54, 1.807) is 0 Å². The third-order valence-corrected chi connectivity index (χ3v) is 5.09. The molecule has 0 aliphatic heterocycles. The molecule has 0 spiro atoms. The summed E-state index contributed by atoms with van der Waals surface area (Å²) in [5.74, 6) is 1.30. The first kappa shape index (κ1) is 18.2. The lowest BCUT2D eigenvalue weighted by Crippen LogP contribution is -2.05. The summed E-state index contributed by atoms with van der Waals surface area (Å²) in [6, 6.07) is 23.2. The Morgan fingerprint density at radius 2 is 1.58 bits per heavy atom. The second kappa shape index (κ2) is 8.18. The van der Waals surface area contributed by atoms with Crippen LogP contribution in [0.25, 0.3) is 10.8 Å². The number of benzene rings is 3. The van der Waals surface area contributed by atoms with Crippen molar-refractivity contribution in [1.82, 2.24) is 0 Å². The molecular weight excluding hydrogens is 320 g/mol. The van der Waals surface area contributed by atoms with Gasteiger partial charge in [0.1, 0.15) is 5.75 Å². The standard InChI is InChI=1S/C24H26O2/c1-4-19(21-11-13-24(14-12-21)26-18(3)25)15-17(2)22-10-9-20-7-5-6-8-23(20)16-22/h5-14,16-17,19H,4,15H2,1-3H3. The van der Waals surface area contributed by atoms with Crippen LogP contribution >= 0.6 is 0 Å². The molecule has 0 amide bonds. The lowest BCUT2D eigenvalue weighted by molar-refractivity contribution is -0.131. The average molecular weight is 346 g/mol. The first-order valence-corrected chi connectivity index (χ1v) is 9.34. The molecule has 2 atom stereocenters. The molecule has 0 aliphatic carbocycles. The Hall–Kier alpha value is -2.61. The fraction of sp³-hybridized carbons (Fsp3) is 0.292. The van der Waals surface area contributed by atoms with Crippen molar-refractivity contribution in [1.29, 1.82) is 0 Å². The SMILES string of the molecule is CCC(CC(C)c1ccc2ccccc2c1)c1ccc(OC(C)=O)cc1. The summed E-state index contributed by atoms with van der Waals surface area (Å²) in [6.45, 7) is 5.96. The summed E-state index contributed by atoms with van der Waals surface area (Å²) in [6.07, 6.45) is 2.19. The number of fused-ring (bicyclic) bond motifs is 1. The van der Waals surface area contributed by atoms with E-state index in [4.69, 9.17) is 4.74 Å². The van der Waals surface area contributed by atoms with E-state index in [-0.39, 0.29) is 5.97 Å². The molecule has 3 aromatic rings. The Balaban J connectivity index is 1.74. The first-order valence-electron chi connectivity index (χ1n) is 9.34. The van der Waals surface area contributed by atoms with Gasteiger partial charge >= 0.3 is 5.97 Å². The highest BCUT2D eigenvalue weighted by atomic mass is 16.5. The van der Waals surface area contributed by atoms with Crippen molar-refractivity contribution in [3.63, 3.8) is 0 Å². The van der Waals surface area contributed by atoms with E-state index in [0.29, 0.717) is 17.6 Å². The van der Waals surface area contributed by atoms with Crippen LogP contribution in [0.4, 0.5) is 0 Å². The van der Waals surface area contributed by atoms with Gasteiger partial charge in [-0.25, -0.2) is 0 Å². The Labute approximate surface area is 155 Å². The van der Waals surface area contributed by atoms with Crippen molar-refractivity contribution < 1.29 is 9.53 Å². The van der Waals surface area contributed by atoms with E-state index in [1.165, 1.54) is 28.8 Å². The van der Waals surface area contributed by atoms with Gasteiger partial charge in [-0.15, -0.1) is 0 Å². The van der Waals surface area contributed by atoms with Crippen molar-refractivity contribution in [2.24, 2.45) is 0 Å². The van der Waals surface area contributed by atoms with Crippen molar-refractivity contribution >= 4 is 16.7 Å². The van der Waals surface area contributed by atoms with E-state index in [0.717, 1.165) is 12.8 Å². The zero-order valence-corrected chi connectivity index (χ0v) is 15.7.